The van der Waals surface area contributed by atoms with Gasteiger partial charge in [-0.05, 0) is 26.0 Å². The largest absolute Gasteiger partial charge is 0.462 e. The van der Waals surface area contributed by atoms with Crippen molar-refractivity contribution in [2.24, 2.45) is 0 Å². The van der Waals surface area contributed by atoms with E-state index in [0.29, 0.717) is 23.4 Å². The number of hydrogen-bond donors (Lipinski definition) is 1. The minimum absolute atomic E-state index is 0.112. The Hall–Kier alpha value is -3.62. The summed E-state index contributed by atoms with van der Waals surface area (Å²) in [4.78, 5) is 36.1. The molecule has 1 unspecified atom stereocenters. The Labute approximate surface area is 161 Å². The number of carbonyl (C=O) groups is 1. The fourth-order valence-corrected chi connectivity index (χ4v) is 3.15. The monoisotopic (exact) mass is 381 g/mol. The van der Waals surface area contributed by atoms with Crippen molar-refractivity contribution in [3.8, 4) is 0 Å². The molecule has 3 rings (SSSR count). The molecule has 0 fully saturated rings. The van der Waals surface area contributed by atoms with Crippen molar-refractivity contribution in [1.29, 1.82) is 0 Å². The lowest BCUT2D eigenvalue weighted by atomic mass is 9.85. The van der Waals surface area contributed by atoms with Crippen LogP contribution in [0.1, 0.15) is 31.0 Å². The number of ether oxygens (including phenoxy) is 1. The van der Waals surface area contributed by atoms with E-state index in [2.05, 4.69) is 20.3 Å². The van der Waals surface area contributed by atoms with Crippen LogP contribution in [0.4, 0.5) is 0 Å². The molecule has 2 aromatic rings. The van der Waals surface area contributed by atoms with Crippen LogP contribution in [0.5, 0.6) is 0 Å². The highest BCUT2D eigenvalue weighted by Gasteiger charge is 2.41. The van der Waals surface area contributed by atoms with Crippen molar-refractivity contribution in [2.45, 2.75) is 26.2 Å². The Balaban J connectivity index is 1.87. The van der Waals surface area contributed by atoms with Crippen molar-refractivity contribution in [3.05, 3.63) is 87.2 Å². The van der Waals surface area contributed by atoms with Gasteiger partial charge in [0.1, 0.15) is 12.2 Å². The van der Waals surface area contributed by atoms with Crippen LogP contribution < -0.4 is 5.32 Å². The van der Waals surface area contributed by atoms with Crippen molar-refractivity contribution in [2.75, 3.05) is 6.61 Å². The highest BCUT2D eigenvalue weighted by molar-refractivity contribution is 5.92. The topological polar surface area (TPSA) is 120 Å². The van der Waals surface area contributed by atoms with Gasteiger partial charge < -0.3 is 10.1 Å². The maximum absolute atomic E-state index is 12.8. The highest BCUT2D eigenvalue weighted by Crippen LogP contribution is 2.38. The summed E-state index contributed by atoms with van der Waals surface area (Å²) in [6.07, 6.45) is 6.37. The predicted molar refractivity (Wildman–Crippen MR) is 99.2 cm³/mol. The number of carbonyl (C=O) groups excluding carboxylic acids is 1. The van der Waals surface area contributed by atoms with Gasteiger partial charge in [-0.2, -0.15) is 0 Å². The van der Waals surface area contributed by atoms with Gasteiger partial charge in [0, 0.05) is 42.0 Å². The van der Waals surface area contributed by atoms with E-state index >= 15 is 0 Å². The number of pyridine rings is 1. The third-order valence-corrected chi connectivity index (χ3v) is 4.37. The first-order valence-electron chi connectivity index (χ1n) is 8.64. The Bertz CT molecular complexity index is 941. The Morgan fingerprint density at radius 1 is 1.25 bits per heavy atom. The second-order valence-corrected chi connectivity index (χ2v) is 6.24. The minimum Gasteiger partial charge on any atom is -0.462 e. The van der Waals surface area contributed by atoms with E-state index in [1.807, 2.05) is 12.1 Å². The van der Waals surface area contributed by atoms with Crippen LogP contribution >= 0.6 is 0 Å². The molecule has 9 heteroatoms. The highest BCUT2D eigenvalue weighted by atomic mass is 16.6. The van der Waals surface area contributed by atoms with Gasteiger partial charge in [-0.3, -0.25) is 15.1 Å². The average molecular weight is 381 g/mol. The smallest absolute Gasteiger partial charge is 0.337 e. The Kier molecular flexibility index (Phi) is 5.73. The fraction of sp³-hybridized carbons (Fsp3) is 0.263. The molecule has 0 aromatic carbocycles. The molecule has 0 aliphatic carbocycles. The van der Waals surface area contributed by atoms with E-state index in [1.165, 1.54) is 18.7 Å². The van der Waals surface area contributed by atoms with Gasteiger partial charge >= 0.3 is 5.97 Å². The van der Waals surface area contributed by atoms with Crippen LogP contribution in [0.2, 0.25) is 0 Å². The summed E-state index contributed by atoms with van der Waals surface area (Å²) in [7, 11) is 0. The van der Waals surface area contributed by atoms with Crippen LogP contribution in [0.25, 0.3) is 0 Å². The zero-order chi connectivity index (χ0) is 20.1. The molecular weight excluding hydrogens is 362 g/mol. The second kappa shape index (κ2) is 8.38. The second-order valence-electron chi connectivity index (χ2n) is 6.24. The van der Waals surface area contributed by atoms with Gasteiger partial charge in [-0.15, -0.1) is 0 Å². The molecule has 28 heavy (non-hydrogen) atoms. The average Bonchev–Trinajstić information content (AvgIpc) is 2.68. The van der Waals surface area contributed by atoms with Crippen LogP contribution in [-0.4, -0.2) is 32.5 Å². The molecule has 0 saturated carbocycles. The standard InChI is InChI=1S/C19H19N5O4/c1-12-16(19(25)28-8-6-15-5-3-4-7-22-15)17(14-9-20-11-21-10-14)18(24(26)27)13(2)23-12/h3-5,7,9-11,17,23H,6,8H2,1-2H3. The lowest BCUT2D eigenvalue weighted by Gasteiger charge is -2.26. The molecule has 0 amide bonds. The first-order chi connectivity index (χ1) is 13.5. The third kappa shape index (κ3) is 4.03. The number of hydrogen-bond acceptors (Lipinski definition) is 8. The molecule has 0 bridgehead atoms. The molecule has 144 valence electrons. The lowest BCUT2D eigenvalue weighted by molar-refractivity contribution is -0.431. The molecule has 1 N–H and O–H groups in total. The first-order valence-corrected chi connectivity index (χ1v) is 8.64. The van der Waals surface area contributed by atoms with Crippen molar-refractivity contribution in [3.63, 3.8) is 0 Å². The fourth-order valence-electron chi connectivity index (χ4n) is 3.15. The summed E-state index contributed by atoms with van der Waals surface area (Å²) in [6.45, 7) is 3.40. The predicted octanol–water partition coefficient (Wildman–Crippen LogP) is 2.13. The lowest BCUT2D eigenvalue weighted by Crippen LogP contribution is -2.32. The number of dihydropyridines is 1. The summed E-state index contributed by atoms with van der Waals surface area (Å²) in [6, 6.07) is 5.49. The molecule has 1 aliphatic heterocycles. The van der Waals surface area contributed by atoms with Crippen molar-refractivity contribution < 1.29 is 14.5 Å². The number of esters is 1. The summed E-state index contributed by atoms with van der Waals surface area (Å²) in [5.74, 6) is -1.54. The van der Waals surface area contributed by atoms with Crippen molar-refractivity contribution in [1.82, 2.24) is 20.3 Å². The quantitative estimate of drug-likeness (QED) is 0.459. The normalized spacial score (nSPS) is 16.6. The van der Waals surface area contributed by atoms with Gasteiger partial charge in [0.2, 0.25) is 0 Å². The summed E-state index contributed by atoms with van der Waals surface area (Å²) < 4.78 is 5.41. The Morgan fingerprint density at radius 2 is 2.00 bits per heavy atom. The van der Waals surface area contributed by atoms with Crippen LogP contribution in [0.15, 0.2) is 65.8 Å². The van der Waals surface area contributed by atoms with E-state index in [-0.39, 0.29) is 17.9 Å². The van der Waals surface area contributed by atoms with Crippen LogP contribution in [-0.2, 0) is 16.0 Å². The zero-order valence-corrected chi connectivity index (χ0v) is 15.5. The summed E-state index contributed by atoms with van der Waals surface area (Å²) in [5.41, 5.74) is 2.15. The number of allylic oxidation sites excluding steroid dienone is 3. The SMILES string of the molecule is CC1=C(C(=O)OCCc2ccccn2)C(c2cncnc2)C([N+](=O)[O-])=C(C)N1. The van der Waals surface area contributed by atoms with Crippen LogP contribution in [0.3, 0.4) is 0 Å². The van der Waals surface area contributed by atoms with Gasteiger partial charge in [-0.25, -0.2) is 14.8 Å². The molecule has 1 aliphatic rings. The van der Waals surface area contributed by atoms with E-state index in [4.69, 9.17) is 4.74 Å². The van der Waals surface area contributed by atoms with E-state index in [0.717, 1.165) is 5.69 Å². The number of nitrogens with zero attached hydrogens (tertiary/aromatic N) is 4. The number of rotatable bonds is 6. The molecule has 0 saturated heterocycles. The maximum atomic E-state index is 12.8. The molecule has 9 nitrogen and oxygen atoms in total. The molecule has 1 atom stereocenters. The van der Waals surface area contributed by atoms with Gasteiger partial charge in [0.15, 0.2) is 0 Å². The van der Waals surface area contributed by atoms with Crippen LogP contribution in [0, 0.1) is 10.1 Å². The van der Waals surface area contributed by atoms with Crippen molar-refractivity contribution >= 4 is 5.97 Å². The zero-order valence-electron chi connectivity index (χ0n) is 15.5. The van der Waals surface area contributed by atoms with Gasteiger partial charge in [-0.1, -0.05) is 6.07 Å². The summed E-state index contributed by atoms with van der Waals surface area (Å²) >= 11 is 0. The molecule has 0 spiro atoms. The minimum atomic E-state index is -0.917. The van der Waals surface area contributed by atoms with Gasteiger partial charge in [0.25, 0.3) is 5.70 Å². The third-order valence-electron chi connectivity index (χ3n) is 4.37. The molecule has 2 aromatic heterocycles. The molecule has 0 radical (unpaired) electrons. The van der Waals surface area contributed by atoms with E-state index < -0.39 is 16.8 Å². The number of aromatic nitrogens is 3. The van der Waals surface area contributed by atoms with Gasteiger partial charge in [0.05, 0.1) is 22.8 Å². The van der Waals surface area contributed by atoms with E-state index in [9.17, 15) is 14.9 Å². The Morgan fingerprint density at radius 3 is 2.64 bits per heavy atom. The molecular formula is C19H19N5O4. The molecule has 3 heterocycles. The number of nitrogens with one attached hydrogen (secondary N) is 1. The van der Waals surface area contributed by atoms with E-state index in [1.54, 1.807) is 26.1 Å². The first kappa shape index (κ1) is 19.2. The number of nitro groups is 1. The maximum Gasteiger partial charge on any atom is 0.337 e. The summed E-state index contributed by atoms with van der Waals surface area (Å²) in [5, 5.41) is 14.6.